The molecule has 0 radical (unpaired) electrons. The minimum atomic E-state index is 0.0572. The maximum Gasteiger partial charge on any atom is 0.00303 e. The quantitative estimate of drug-likeness (QED) is 0.176. The van der Waals surface area contributed by atoms with Crippen LogP contribution in [0.2, 0.25) is 0 Å². The fourth-order valence-corrected chi connectivity index (χ4v) is 3.87. The molecule has 194 valence electrons. The van der Waals surface area contributed by atoms with Crippen LogP contribution in [0.1, 0.15) is 107 Å². The average molecular weight is 467 g/mol. The highest BCUT2D eigenvalue weighted by Crippen LogP contribution is 2.32. The van der Waals surface area contributed by atoms with Gasteiger partial charge in [-0.1, -0.05) is 108 Å². The highest BCUT2D eigenvalue weighted by molar-refractivity contribution is 5.11. The standard InChI is InChI=1S/C34H58/c1-14-34(13,24-22-33(12)32(11)20-18-29(8)26(4)5)23-21-27(6)15-16-30(9)31(10)19-17-28(7)25(2)3/h14,20-21,23,27-30,33H,1-2,4,10,15-19,22,24H2,3,5-9,11-13H3/b23-21+,32-20-. The zero-order valence-electron chi connectivity index (χ0n) is 24.5. The van der Waals surface area contributed by atoms with Crippen LogP contribution in [0.3, 0.4) is 0 Å². The highest BCUT2D eigenvalue weighted by Gasteiger charge is 2.19. The molecule has 0 bridgehead atoms. The van der Waals surface area contributed by atoms with Gasteiger partial charge in [0.2, 0.25) is 0 Å². The van der Waals surface area contributed by atoms with Crippen LogP contribution in [-0.2, 0) is 0 Å². The van der Waals surface area contributed by atoms with E-state index in [1.807, 2.05) is 0 Å². The lowest BCUT2D eigenvalue weighted by Gasteiger charge is -2.25. The molecule has 0 fully saturated rings. The summed E-state index contributed by atoms with van der Waals surface area (Å²) in [7, 11) is 0. The molecule has 6 atom stereocenters. The Bertz CT molecular complexity index is 714. The Morgan fingerprint density at radius 2 is 1.35 bits per heavy atom. The summed E-state index contributed by atoms with van der Waals surface area (Å²) in [5, 5.41) is 0. The monoisotopic (exact) mass is 466 g/mol. The SMILES string of the molecule is C=CC(C)(/C=C/C(C)CCC(C)C(=C)CCC(C)C(=C)C)CCC(C)/C(C)=C\CC(C)C(=C)C. The van der Waals surface area contributed by atoms with Crippen molar-refractivity contribution in [2.75, 3.05) is 0 Å². The number of allylic oxidation sites excluding steroid dienone is 8. The summed E-state index contributed by atoms with van der Waals surface area (Å²) in [6, 6.07) is 0. The van der Waals surface area contributed by atoms with Crippen molar-refractivity contribution in [2.45, 2.75) is 107 Å². The van der Waals surface area contributed by atoms with Crippen molar-refractivity contribution in [2.24, 2.45) is 35.0 Å². The van der Waals surface area contributed by atoms with Gasteiger partial charge in [0.15, 0.2) is 0 Å². The van der Waals surface area contributed by atoms with E-state index in [2.05, 4.69) is 113 Å². The predicted molar refractivity (Wildman–Crippen MR) is 158 cm³/mol. The van der Waals surface area contributed by atoms with Gasteiger partial charge < -0.3 is 0 Å². The molecule has 0 saturated heterocycles. The highest BCUT2D eigenvalue weighted by atomic mass is 14.2. The Hall–Kier alpha value is -1.56. The first kappa shape index (κ1) is 32.4. The first-order chi connectivity index (χ1) is 15.7. The normalized spacial score (nSPS) is 18.6. The van der Waals surface area contributed by atoms with Crippen molar-refractivity contribution in [3.8, 4) is 0 Å². The molecule has 0 rings (SSSR count). The van der Waals surface area contributed by atoms with Crippen molar-refractivity contribution in [1.82, 2.24) is 0 Å². The first-order valence-corrected chi connectivity index (χ1v) is 13.7. The van der Waals surface area contributed by atoms with E-state index in [1.165, 1.54) is 48.0 Å². The average Bonchev–Trinajstić information content (AvgIpc) is 2.80. The van der Waals surface area contributed by atoms with Crippen LogP contribution < -0.4 is 0 Å². The number of rotatable bonds is 18. The maximum absolute atomic E-state index is 4.38. The fourth-order valence-electron chi connectivity index (χ4n) is 3.87. The molecule has 0 saturated carbocycles. The van der Waals surface area contributed by atoms with Crippen molar-refractivity contribution >= 4 is 0 Å². The molecule has 0 aromatic rings. The molecular weight excluding hydrogens is 408 g/mol. The molecule has 0 heteroatoms. The summed E-state index contributed by atoms with van der Waals surface area (Å²) in [6.45, 7) is 37.2. The zero-order chi connectivity index (χ0) is 26.5. The van der Waals surface area contributed by atoms with E-state index in [4.69, 9.17) is 0 Å². The Morgan fingerprint density at radius 1 is 0.765 bits per heavy atom. The summed E-state index contributed by atoms with van der Waals surface area (Å²) < 4.78 is 0. The van der Waals surface area contributed by atoms with E-state index in [0.29, 0.717) is 29.6 Å². The Morgan fingerprint density at radius 3 is 1.88 bits per heavy atom. The number of hydrogen-bond acceptors (Lipinski definition) is 0. The molecule has 0 N–H and O–H groups in total. The number of hydrogen-bond donors (Lipinski definition) is 0. The summed E-state index contributed by atoms with van der Waals surface area (Å²) in [5.74, 6) is 2.91. The van der Waals surface area contributed by atoms with Crippen molar-refractivity contribution in [3.63, 3.8) is 0 Å². The Labute approximate surface area is 215 Å². The summed E-state index contributed by atoms with van der Waals surface area (Å²) in [5.41, 5.74) is 5.51. The van der Waals surface area contributed by atoms with Gasteiger partial charge >= 0.3 is 0 Å². The van der Waals surface area contributed by atoms with E-state index < -0.39 is 0 Å². The molecule has 34 heavy (non-hydrogen) atoms. The van der Waals surface area contributed by atoms with Gasteiger partial charge in [0.05, 0.1) is 0 Å². The predicted octanol–water partition coefficient (Wildman–Crippen LogP) is 11.3. The smallest absolute Gasteiger partial charge is 0.00303 e. The topological polar surface area (TPSA) is 0 Å². The van der Waals surface area contributed by atoms with Crippen LogP contribution in [0.25, 0.3) is 0 Å². The lowest BCUT2D eigenvalue weighted by Crippen LogP contribution is -2.12. The van der Waals surface area contributed by atoms with Gasteiger partial charge in [-0.3, -0.25) is 0 Å². The van der Waals surface area contributed by atoms with Gasteiger partial charge in [-0.25, -0.2) is 0 Å². The minimum absolute atomic E-state index is 0.0572. The van der Waals surface area contributed by atoms with E-state index in [-0.39, 0.29) is 5.41 Å². The van der Waals surface area contributed by atoms with E-state index in [9.17, 15) is 0 Å². The van der Waals surface area contributed by atoms with Gasteiger partial charge in [-0.15, -0.1) is 6.58 Å². The fraction of sp³-hybridized carbons (Fsp3) is 0.647. The Balaban J connectivity index is 4.66. The summed E-state index contributed by atoms with van der Waals surface area (Å²) >= 11 is 0. The molecular formula is C34H58. The first-order valence-electron chi connectivity index (χ1n) is 13.7. The zero-order valence-corrected chi connectivity index (χ0v) is 24.5. The molecule has 0 heterocycles. The van der Waals surface area contributed by atoms with Gasteiger partial charge in [0, 0.05) is 5.41 Å². The maximum atomic E-state index is 4.38. The summed E-state index contributed by atoms with van der Waals surface area (Å²) in [4.78, 5) is 0. The van der Waals surface area contributed by atoms with Crippen LogP contribution in [-0.4, -0.2) is 0 Å². The second-order valence-corrected chi connectivity index (χ2v) is 11.8. The lowest BCUT2D eigenvalue weighted by atomic mass is 9.80. The molecule has 0 aromatic carbocycles. The summed E-state index contributed by atoms with van der Waals surface area (Å²) in [6.07, 6.45) is 17.5. The van der Waals surface area contributed by atoms with Crippen LogP contribution in [0, 0.1) is 35.0 Å². The van der Waals surface area contributed by atoms with Crippen molar-refractivity contribution in [1.29, 1.82) is 0 Å². The van der Waals surface area contributed by atoms with Crippen molar-refractivity contribution < 1.29 is 0 Å². The second-order valence-electron chi connectivity index (χ2n) is 11.8. The van der Waals surface area contributed by atoms with Gasteiger partial charge in [-0.2, -0.15) is 0 Å². The molecule has 0 amide bonds. The Kier molecular flexibility index (Phi) is 15.4. The molecule has 0 nitrogen and oxygen atoms in total. The van der Waals surface area contributed by atoms with Gasteiger partial charge in [0.1, 0.15) is 0 Å². The molecule has 0 aromatic heterocycles. The van der Waals surface area contributed by atoms with E-state index in [0.717, 1.165) is 19.3 Å². The molecule has 0 aliphatic heterocycles. The van der Waals surface area contributed by atoms with E-state index >= 15 is 0 Å². The third kappa shape index (κ3) is 13.4. The third-order valence-corrected chi connectivity index (χ3v) is 8.29. The van der Waals surface area contributed by atoms with Gasteiger partial charge in [0.25, 0.3) is 0 Å². The minimum Gasteiger partial charge on any atom is -0.102 e. The third-order valence-electron chi connectivity index (χ3n) is 8.29. The molecule has 0 aliphatic rings. The van der Waals surface area contributed by atoms with Crippen LogP contribution in [0.4, 0.5) is 0 Å². The van der Waals surface area contributed by atoms with Crippen LogP contribution in [0.15, 0.2) is 72.9 Å². The van der Waals surface area contributed by atoms with Crippen molar-refractivity contribution in [3.05, 3.63) is 72.9 Å². The largest absolute Gasteiger partial charge is 0.102 e. The van der Waals surface area contributed by atoms with Crippen LogP contribution >= 0.6 is 0 Å². The molecule has 6 unspecified atom stereocenters. The molecule has 0 spiro atoms. The lowest BCUT2D eigenvalue weighted by molar-refractivity contribution is 0.429. The van der Waals surface area contributed by atoms with Gasteiger partial charge in [-0.05, 0) is 95.3 Å². The van der Waals surface area contributed by atoms with Crippen LogP contribution in [0.5, 0.6) is 0 Å². The molecule has 0 aliphatic carbocycles. The second kappa shape index (κ2) is 16.2. The van der Waals surface area contributed by atoms with E-state index in [1.54, 1.807) is 0 Å².